The Hall–Kier alpha value is -2.73. The van der Waals surface area contributed by atoms with Gasteiger partial charge in [-0.2, -0.15) is 0 Å². The van der Waals surface area contributed by atoms with Crippen LogP contribution in [0.1, 0.15) is 37.3 Å². The van der Waals surface area contributed by atoms with E-state index in [-0.39, 0.29) is 30.2 Å². The van der Waals surface area contributed by atoms with E-state index in [0.29, 0.717) is 19.5 Å². The summed E-state index contributed by atoms with van der Waals surface area (Å²) in [5.41, 5.74) is 2.32. The van der Waals surface area contributed by atoms with Gasteiger partial charge in [0.2, 0.25) is 11.8 Å². The van der Waals surface area contributed by atoms with Crippen LogP contribution in [0.15, 0.2) is 48.5 Å². The summed E-state index contributed by atoms with van der Waals surface area (Å²) in [6, 6.07) is 13.6. The third-order valence-corrected chi connectivity index (χ3v) is 5.00. The summed E-state index contributed by atoms with van der Waals surface area (Å²) >= 11 is 0. The van der Waals surface area contributed by atoms with Crippen molar-refractivity contribution in [3.8, 4) is 0 Å². The molecule has 0 saturated carbocycles. The van der Waals surface area contributed by atoms with E-state index in [4.69, 9.17) is 4.74 Å². The fourth-order valence-electron chi connectivity index (χ4n) is 3.41. The fourth-order valence-corrected chi connectivity index (χ4v) is 3.41. The van der Waals surface area contributed by atoms with Gasteiger partial charge in [-0.05, 0) is 48.2 Å². The lowest BCUT2D eigenvalue weighted by Crippen LogP contribution is -2.32. The Bertz CT molecular complexity index is 832. The number of benzene rings is 2. The highest BCUT2D eigenvalue weighted by atomic mass is 19.1. The number of ether oxygens (including phenoxy) is 1. The number of halogens is 1. The number of carbonyl (C=O) groups excluding carboxylic acids is 2. The van der Waals surface area contributed by atoms with Gasteiger partial charge in [-0.1, -0.05) is 31.2 Å². The van der Waals surface area contributed by atoms with Crippen molar-refractivity contribution in [2.75, 3.05) is 18.1 Å². The Morgan fingerprint density at radius 3 is 2.62 bits per heavy atom. The second kappa shape index (κ2) is 10.2. The van der Waals surface area contributed by atoms with Crippen molar-refractivity contribution in [3.63, 3.8) is 0 Å². The van der Waals surface area contributed by atoms with Gasteiger partial charge >= 0.3 is 0 Å². The van der Waals surface area contributed by atoms with Gasteiger partial charge in [0.05, 0.1) is 19.1 Å². The van der Waals surface area contributed by atoms with Gasteiger partial charge in [-0.3, -0.25) is 9.59 Å². The van der Waals surface area contributed by atoms with Crippen LogP contribution in [0.3, 0.4) is 0 Å². The van der Waals surface area contributed by atoms with Crippen molar-refractivity contribution in [1.29, 1.82) is 0 Å². The molecule has 29 heavy (non-hydrogen) atoms. The molecule has 0 bridgehead atoms. The highest BCUT2D eigenvalue weighted by molar-refractivity contribution is 5.93. The van der Waals surface area contributed by atoms with E-state index in [1.54, 1.807) is 24.0 Å². The zero-order chi connectivity index (χ0) is 20.6. The van der Waals surface area contributed by atoms with Gasteiger partial charge in [0.15, 0.2) is 0 Å². The lowest BCUT2D eigenvalue weighted by Gasteiger charge is -2.23. The van der Waals surface area contributed by atoms with Gasteiger partial charge in [0.25, 0.3) is 0 Å². The number of nitrogens with one attached hydrogen (secondary N) is 1. The van der Waals surface area contributed by atoms with Crippen molar-refractivity contribution < 1.29 is 18.7 Å². The molecule has 0 radical (unpaired) electrons. The highest BCUT2D eigenvalue weighted by Gasteiger charge is 2.17. The van der Waals surface area contributed by atoms with Crippen LogP contribution in [0.5, 0.6) is 0 Å². The summed E-state index contributed by atoms with van der Waals surface area (Å²) < 4.78 is 19.0. The van der Waals surface area contributed by atoms with Gasteiger partial charge in [-0.15, -0.1) is 0 Å². The second-order valence-corrected chi connectivity index (χ2v) is 7.25. The molecular weight excluding hydrogens is 371 g/mol. The zero-order valence-electron chi connectivity index (χ0n) is 16.7. The fraction of sp³-hybridized carbons (Fsp3) is 0.391. The minimum atomic E-state index is -0.323. The molecule has 5 nitrogen and oxygen atoms in total. The van der Waals surface area contributed by atoms with Crippen molar-refractivity contribution in [3.05, 3.63) is 65.5 Å². The number of hydrogen-bond donors (Lipinski definition) is 1. The first-order valence-corrected chi connectivity index (χ1v) is 10.1. The van der Waals surface area contributed by atoms with Gasteiger partial charge < -0.3 is 15.0 Å². The molecule has 2 aromatic rings. The maximum Gasteiger partial charge on any atom is 0.227 e. The van der Waals surface area contributed by atoms with E-state index in [1.165, 1.54) is 12.1 Å². The van der Waals surface area contributed by atoms with Crippen molar-refractivity contribution >= 4 is 17.5 Å². The van der Waals surface area contributed by atoms with E-state index in [0.717, 1.165) is 36.3 Å². The Kier molecular flexibility index (Phi) is 7.36. The molecule has 1 saturated heterocycles. The van der Waals surface area contributed by atoms with Crippen LogP contribution in [0, 0.1) is 5.82 Å². The average Bonchev–Trinajstić information content (AvgIpc) is 3.24. The SMILES string of the molecule is CCC(=O)N(Cc1cccc(F)c1)c1ccc(CC(=O)NCC2CCCO2)cc1. The van der Waals surface area contributed by atoms with Gasteiger partial charge in [-0.25, -0.2) is 4.39 Å². The summed E-state index contributed by atoms with van der Waals surface area (Å²) in [5, 5.41) is 2.91. The summed E-state index contributed by atoms with van der Waals surface area (Å²) in [5.74, 6) is -0.415. The minimum Gasteiger partial charge on any atom is -0.376 e. The van der Waals surface area contributed by atoms with Gasteiger partial charge in [0, 0.05) is 25.3 Å². The van der Waals surface area contributed by atoms with Crippen LogP contribution in [-0.2, 0) is 27.3 Å². The first-order valence-electron chi connectivity index (χ1n) is 10.1. The lowest BCUT2D eigenvalue weighted by molar-refractivity contribution is -0.121. The summed E-state index contributed by atoms with van der Waals surface area (Å²) in [6.45, 7) is 3.41. The number of hydrogen-bond acceptors (Lipinski definition) is 3. The summed E-state index contributed by atoms with van der Waals surface area (Å²) in [7, 11) is 0. The van der Waals surface area contributed by atoms with Crippen molar-refractivity contribution in [2.24, 2.45) is 0 Å². The van der Waals surface area contributed by atoms with Crippen LogP contribution in [0.25, 0.3) is 0 Å². The number of rotatable bonds is 8. The third kappa shape index (κ3) is 6.12. The first kappa shape index (κ1) is 21.0. The normalized spacial score (nSPS) is 15.9. The third-order valence-electron chi connectivity index (χ3n) is 5.00. The predicted octanol–water partition coefficient (Wildman–Crippen LogP) is 3.61. The van der Waals surface area contributed by atoms with E-state index >= 15 is 0 Å². The summed E-state index contributed by atoms with van der Waals surface area (Å²) in [4.78, 5) is 26.2. The molecule has 1 fully saturated rings. The van der Waals surface area contributed by atoms with E-state index in [9.17, 15) is 14.0 Å². The molecule has 2 aromatic carbocycles. The van der Waals surface area contributed by atoms with E-state index in [1.807, 2.05) is 24.3 Å². The van der Waals surface area contributed by atoms with Crippen molar-refractivity contribution in [1.82, 2.24) is 5.32 Å². The molecule has 1 N–H and O–H groups in total. The molecule has 1 aliphatic rings. The summed E-state index contributed by atoms with van der Waals surface area (Å²) in [6.07, 6.45) is 2.78. The van der Waals surface area contributed by atoms with E-state index in [2.05, 4.69) is 5.32 Å². The number of amides is 2. The largest absolute Gasteiger partial charge is 0.376 e. The minimum absolute atomic E-state index is 0.0451. The Balaban J connectivity index is 1.62. The van der Waals surface area contributed by atoms with Crippen LogP contribution >= 0.6 is 0 Å². The quantitative estimate of drug-likeness (QED) is 0.739. The maximum atomic E-state index is 13.5. The first-order chi connectivity index (χ1) is 14.0. The molecule has 6 heteroatoms. The molecule has 0 aliphatic carbocycles. The Morgan fingerprint density at radius 1 is 1.17 bits per heavy atom. The van der Waals surface area contributed by atoms with Crippen LogP contribution < -0.4 is 10.2 Å². The van der Waals surface area contributed by atoms with Crippen LogP contribution in [-0.4, -0.2) is 31.1 Å². The zero-order valence-corrected chi connectivity index (χ0v) is 16.7. The smallest absolute Gasteiger partial charge is 0.227 e. The highest BCUT2D eigenvalue weighted by Crippen LogP contribution is 2.20. The molecule has 1 atom stereocenters. The second-order valence-electron chi connectivity index (χ2n) is 7.25. The van der Waals surface area contributed by atoms with E-state index < -0.39 is 0 Å². The monoisotopic (exact) mass is 398 g/mol. The number of nitrogens with zero attached hydrogens (tertiary/aromatic N) is 1. The molecule has 154 valence electrons. The Morgan fingerprint density at radius 2 is 1.97 bits per heavy atom. The molecular formula is C23H27FN2O3. The predicted molar refractivity (Wildman–Crippen MR) is 110 cm³/mol. The van der Waals surface area contributed by atoms with Crippen LogP contribution in [0.2, 0.25) is 0 Å². The molecule has 0 spiro atoms. The number of anilines is 1. The standard InChI is InChI=1S/C23H27FN2O3/c1-2-23(28)26(16-18-5-3-6-19(24)13-18)20-10-8-17(9-11-20)14-22(27)25-15-21-7-4-12-29-21/h3,5-6,8-11,13,21H,2,4,7,12,14-16H2,1H3,(H,25,27). The number of carbonyl (C=O) groups is 2. The molecule has 1 aliphatic heterocycles. The molecule has 3 rings (SSSR count). The van der Waals surface area contributed by atoms with Crippen LogP contribution in [0.4, 0.5) is 10.1 Å². The lowest BCUT2D eigenvalue weighted by atomic mass is 10.1. The average molecular weight is 398 g/mol. The maximum absolute atomic E-state index is 13.5. The molecule has 1 unspecified atom stereocenters. The molecule has 0 aromatic heterocycles. The molecule has 1 heterocycles. The Labute approximate surface area is 170 Å². The topological polar surface area (TPSA) is 58.6 Å². The van der Waals surface area contributed by atoms with Gasteiger partial charge in [0.1, 0.15) is 5.82 Å². The van der Waals surface area contributed by atoms with Crippen molar-refractivity contribution in [2.45, 2.75) is 45.3 Å². The molecule has 2 amide bonds.